The fourth-order valence-corrected chi connectivity index (χ4v) is 1.81. The summed E-state index contributed by atoms with van der Waals surface area (Å²) < 4.78 is 18.9. The molecule has 16 heavy (non-hydrogen) atoms. The molecule has 0 saturated carbocycles. The molecule has 1 heterocycles. The third-order valence-corrected chi connectivity index (χ3v) is 2.95. The molecule has 0 saturated heterocycles. The number of aryl methyl sites for hydroxylation is 1. The lowest BCUT2D eigenvalue weighted by Gasteiger charge is -1.99. The number of aromatic nitrogens is 2. The van der Waals surface area contributed by atoms with Crippen molar-refractivity contribution in [2.24, 2.45) is 0 Å². The minimum atomic E-state index is -0.366. The van der Waals surface area contributed by atoms with Crippen molar-refractivity contribution in [3.05, 3.63) is 34.4 Å². The first-order valence-corrected chi connectivity index (χ1v) is 5.88. The molecule has 84 valence electrons. The second-order valence-electron chi connectivity index (χ2n) is 3.04. The van der Waals surface area contributed by atoms with Crippen LogP contribution in [-0.4, -0.2) is 16.1 Å². The van der Waals surface area contributed by atoms with Gasteiger partial charge in [-0.15, -0.1) is 21.8 Å². The summed E-state index contributed by atoms with van der Waals surface area (Å²) in [5, 5.41) is 7.64. The number of hydrogen-bond acceptors (Lipinski definition) is 3. The predicted octanol–water partition coefficient (Wildman–Crippen LogP) is 3.42. The average Bonchev–Trinajstić information content (AvgIpc) is 2.71. The molecular formula is C10H7BrClFN2O. The van der Waals surface area contributed by atoms with Crippen molar-refractivity contribution in [2.45, 2.75) is 6.42 Å². The first-order valence-electron chi connectivity index (χ1n) is 4.55. The van der Waals surface area contributed by atoms with Gasteiger partial charge in [0.15, 0.2) is 0 Å². The van der Waals surface area contributed by atoms with Crippen molar-refractivity contribution in [2.75, 3.05) is 5.88 Å². The van der Waals surface area contributed by atoms with Crippen LogP contribution in [0.1, 0.15) is 5.89 Å². The van der Waals surface area contributed by atoms with E-state index >= 15 is 0 Å². The maximum absolute atomic E-state index is 13.3. The Morgan fingerprint density at radius 2 is 2.19 bits per heavy atom. The summed E-state index contributed by atoms with van der Waals surface area (Å²) in [6, 6.07) is 4.63. The fourth-order valence-electron chi connectivity index (χ4n) is 1.21. The van der Waals surface area contributed by atoms with Gasteiger partial charge in [-0.2, -0.15) is 0 Å². The van der Waals surface area contributed by atoms with E-state index in [-0.39, 0.29) is 11.7 Å². The van der Waals surface area contributed by atoms with E-state index in [0.717, 1.165) is 0 Å². The SMILES string of the molecule is Fc1cccc(-c2nnc(CCCl)o2)c1Br. The fraction of sp³-hybridized carbons (Fsp3) is 0.200. The van der Waals surface area contributed by atoms with Crippen molar-refractivity contribution in [1.29, 1.82) is 0 Å². The van der Waals surface area contributed by atoms with Gasteiger partial charge in [-0.1, -0.05) is 6.07 Å². The van der Waals surface area contributed by atoms with Gasteiger partial charge in [0.1, 0.15) is 5.82 Å². The molecule has 0 unspecified atom stereocenters. The summed E-state index contributed by atoms with van der Waals surface area (Å²) >= 11 is 8.69. The minimum Gasteiger partial charge on any atom is -0.421 e. The lowest BCUT2D eigenvalue weighted by Crippen LogP contribution is -1.84. The second-order valence-corrected chi connectivity index (χ2v) is 4.21. The zero-order valence-corrected chi connectivity index (χ0v) is 10.4. The first-order chi connectivity index (χ1) is 7.72. The van der Waals surface area contributed by atoms with Crippen LogP contribution in [0.4, 0.5) is 4.39 Å². The van der Waals surface area contributed by atoms with Crippen LogP contribution in [0.5, 0.6) is 0 Å². The summed E-state index contributed by atoms with van der Waals surface area (Å²) in [4.78, 5) is 0. The van der Waals surface area contributed by atoms with E-state index in [1.54, 1.807) is 12.1 Å². The molecule has 0 spiro atoms. The first kappa shape index (κ1) is 11.5. The van der Waals surface area contributed by atoms with Crippen LogP contribution in [0.15, 0.2) is 27.1 Å². The average molecular weight is 306 g/mol. The van der Waals surface area contributed by atoms with Crippen LogP contribution in [0.25, 0.3) is 11.5 Å². The number of nitrogens with zero attached hydrogens (tertiary/aromatic N) is 2. The molecule has 6 heteroatoms. The Morgan fingerprint density at radius 3 is 2.94 bits per heavy atom. The highest BCUT2D eigenvalue weighted by Crippen LogP contribution is 2.29. The van der Waals surface area contributed by atoms with Crippen LogP contribution >= 0.6 is 27.5 Å². The van der Waals surface area contributed by atoms with Crippen molar-refractivity contribution in [1.82, 2.24) is 10.2 Å². The molecule has 0 bridgehead atoms. The molecule has 0 atom stereocenters. The van der Waals surface area contributed by atoms with E-state index in [9.17, 15) is 4.39 Å². The van der Waals surface area contributed by atoms with Crippen molar-refractivity contribution in [3.63, 3.8) is 0 Å². The topological polar surface area (TPSA) is 38.9 Å². The van der Waals surface area contributed by atoms with Crippen LogP contribution in [-0.2, 0) is 6.42 Å². The van der Waals surface area contributed by atoms with E-state index in [2.05, 4.69) is 26.1 Å². The maximum Gasteiger partial charge on any atom is 0.248 e. The Bertz CT molecular complexity index is 503. The molecule has 0 fully saturated rings. The van der Waals surface area contributed by atoms with Crippen molar-refractivity contribution >= 4 is 27.5 Å². The van der Waals surface area contributed by atoms with Gasteiger partial charge < -0.3 is 4.42 Å². The summed E-state index contributed by atoms with van der Waals surface area (Å²) in [5.41, 5.74) is 0.535. The van der Waals surface area contributed by atoms with Gasteiger partial charge in [0.25, 0.3) is 0 Å². The number of hydrogen-bond donors (Lipinski definition) is 0. The summed E-state index contributed by atoms with van der Waals surface area (Å²) in [6.45, 7) is 0. The molecule has 0 amide bonds. The predicted molar refractivity (Wildman–Crippen MR) is 61.8 cm³/mol. The standard InChI is InChI=1S/C10H7BrClFN2O/c11-9-6(2-1-3-7(9)13)10-15-14-8(16-10)4-5-12/h1-3H,4-5H2. The Hall–Kier alpha value is -0.940. The monoisotopic (exact) mass is 304 g/mol. The summed E-state index contributed by atoms with van der Waals surface area (Å²) in [5.74, 6) is 0.772. The van der Waals surface area contributed by atoms with Crippen LogP contribution in [0.2, 0.25) is 0 Å². The maximum atomic E-state index is 13.3. The molecule has 1 aromatic heterocycles. The molecule has 0 aliphatic heterocycles. The van der Waals surface area contributed by atoms with E-state index in [0.29, 0.717) is 28.2 Å². The summed E-state index contributed by atoms with van der Waals surface area (Å²) in [7, 11) is 0. The Morgan fingerprint density at radius 1 is 1.38 bits per heavy atom. The molecule has 2 aromatic rings. The normalized spacial score (nSPS) is 10.7. The highest BCUT2D eigenvalue weighted by molar-refractivity contribution is 9.10. The van der Waals surface area contributed by atoms with E-state index in [4.69, 9.17) is 16.0 Å². The molecule has 0 aliphatic carbocycles. The summed E-state index contributed by atoms with van der Waals surface area (Å²) in [6.07, 6.45) is 0.501. The van der Waals surface area contributed by atoms with Gasteiger partial charge >= 0.3 is 0 Å². The third kappa shape index (κ3) is 2.25. The van der Waals surface area contributed by atoms with Gasteiger partial charge in [0.05, 0.1) is 10.0 Å². The van der Waals surface area contributed by atoms with Gasteiger partial charge in [-0.05, 0) is 28.1 Å². The Labute approximate surface area is 105 Å². The van der Waals surface area contributed by atoms with E-state index in [1.165, 1.54) is 6.07 Å². The number of benzene rings is 1. The second kappa shape index (κ2) is 4.93. The van der Waals surface area contributed by atoms with Crippen LogP contribution in [0.3, 0.4) is 0 Å². The highest BCUT2D eigenvalue weighted by atomic mass is 79.9. The highest BCUT2D eigenvalue weighted by Gasteiger charge is 2.13. The molecule has 1 aromatic carbocycles. The van der Waals surface area contributed by atoms with Crippen LogP contribution < -0.4 is 0 Å². The van der Waals surface area contributed by atoms with Gasteiger partial charge in [-0.3, -0.25) is 0 Å². The molecule has 2 rings (SSSR count). The van der Waals surface area contributed by atoms with E-state index in [1.807, 2.05) is 0 Å². The molecule has 3 nitrogen and oxygen atoms in total. The lowest BCUT2D eigenvalue weighted by molar-refractivity contribution is 0.512. The molecule has 0 radical (unpaired) electrons. The van der Waals surface area contributed by atoms with Crippen molar-refractivity contribution < 1.29 is 8.81 Å². The zero-order chi connectivity index (χ0) is 11.5. The molecule has 0 aliphatic rings. The molecule has 0 N–H and O–H groups in total. The number of rotatable bonds is 3. The number of alkyl halides is 1. The van der Waals surface area contributed by atoms with Gasteiger partial charge in [0.2, 0.25) is 11.8 Å². The largest absolute Gasteiger partial charge is 0.421 e. The minimum absolute atomic E-state index is 0.284. The zero-order valence-electron chi connectivity index (χ0n) is 8.08. The van der Waals surface area contributed by atoms with E-state index < -0.39 is 0 Å². The smallest absolute Gasteiger partial charge is 0.248 e. The Balaban J connectivity index is 2.39. The third-order valence-electron chi connectivity index (χ3n) is 1.96. The Kier molecular flexibility index (Phi) is 3.56. The van der Waals surface area contributed by atoms with Crippen molar-refractivity contribution in [3.8, 4) is 11.5 Å². The van der Waals surface area contributed by atoms with Gasteiger partial charge in [-0.25, -0.2) is 4.39 Å². The number of halogens is 3. The van der Waals surface area contributed by atoms with Gasteiger partial charge in [0, 0.05) is 12.3 Å². The molecular weight excluding hydrogens is 298 g/mol. The quantitative estimate of drug-likeness (QED) is 0.816. The lowest BCUT2D eigenvalue weighted by atomic mass is 10.2. The van der Waals surface area contributed by atoms with Crippen LogP contribution in [0, 0.1) is 5.82 Å².